The molecule has 33 heavy (non-hydrogen) atoms. The summed E-state index contributed by atoms with van der Waals surface area (Å²) in [5, 5.41) is 8.24. The molecule has 0 aliphatic rings. The molecule has 0 aliphatic carbocycles. The number of nitrogens with two attached hydrogens (primary N) is 2. The average molecular weight is 456 g/mol. The van der Waals surface area contributed by atoms with Gasteiger partial charge in [0.25, 0.3) is 5.91 Å². The van der Waals surface area contributed by atoms with Crippen molar-refractivity contribution in [1.82, 2.24) is 14.9 Å². The zero-order valence-electron chi connectivity index (χ0n) is 19.6. The third-order valence-corrected chi connectivity index (χ3v) is 5.13. The molecule has 176 valence electrons. The number of benzene rings is 1. The highest BCUT2D eigenvalue weighted by atomic mass is 19.1. The Labute approximate surface area is 192 Å². The Morgan fingerprint density at radius 3 is 2.33 bits per heavy atom. The lowest BCUT2D eigenvalue weighted by Gasteiger charge is -2.15. The first-order valence-electron chi connectivity index (χ1n) is 10.8. The molecule has 0 saturated heterocycles. The molecule has 2 heterocycles. The first kappa shape index (κ1) is 24.2. The predicted octanol–water partition coefficient (Wildman–Crippen LogP) is 3.88. The van der Waals surface area contributed by atoms with Crippen LogP contribution in [0.1, 0.15) is 68.0 Å². The maximum atomic E-state index is 14.5. The SMILES string of the molecule is CC(C)n1nc(-c2ccc(CC(=O)Cc3onc(CC(C)(C)C)c3F)cc2)c(C(N)=O)c1N. The number of hydrogen-bond donors (Lipinski definition) is 2. The number of primary amides is 1. The lowest BCUT2D eigenvalue weighted by atomic mass is 9.90. The van der Waals surface area contributed by atoms with Gasteiger partial charge in [0.1, 0.15) is 28.6 Å². The van der Waals surface area contributed by atoms with Crippen LogP contribution in [0.5, 0.6) is 0 Å². The topological polar surface area (TPSA) is 130 Å². The van der Waals surface area contributed by atoms with Crippen LogP contribution in [0.2, 0.25) is 0 Å². The fourth-order valence-electron chi connectivity index (χ4n) is 3.61. The summed E-state index contributed by atoms with van der Waals surface area (Å²) in [6.07, 6.45) is 0.342. The molecule has 0 fully saturated rings. The van der Waals surface area contributed by atoms with Crippen LogP contribution in [0.3, 0.4) is 0 Å². The normalized spacial score (nSPS) is 11.8. The minimum Gasteiger partial charge on any atom is -0.383 e. The Morgan fingerprint density at radius 2 is 1.79 bits per heavy atom. The van der Waals surface area contributed by atoms with E-state index >= 15 is 0 Å². The van der Waals surface area contributed by atoms with Crippen molar-refractivity contribution in [3.8, 4) is 11.3 Å². The van der Waals surface area contributed by atoms with Crippen molar-refractivity contribution >= 4 is 17.5 Å². The predicted molar refractivity (Wildman–Crippen MR) is 123 cm³/mol. The highest BCUT2D eigenvalue weighted by molar-refractivity contribution is 6.03. The van der Waals surface area contributed by atoms with Crippen molar-refractivity contribution in [2.45, 2.75) is 59.9 Å². The smallest absolute Gasteiger partial charge is 0.254 e. The van der Waals surface area contributed by atoms with Gasteiger partial charge in [-0.25, -0.2) is 9.07 Å². The van der Waals surface area contributed by atoms with Gasteiger partial charge in [-0.15, -0.1) is 0 Å². The highest BCUT2D eigenvalue weighted by Crippen LogP contribution is 2.29. The summed E-state index contributed by atoms with van der Waals surface area (Å²) < 4.78 is 21.2. The lowest BCUT2D eigenvalue weighted by molar-refractivity contribution is -0.118. The summed E-state index contributed by atoms with van der Waals surface area (Å²) in [6, 6.07) is 6.96. The number of anilines is 1. The number of Topliss-reactive ketones (excluding diaryl/α,β-unsaturated/α-hetero) is 1. The number of carbonyl (C=O) groups is 2. The summed E-state index contributed by atoms with van der Waals surface area (Å²) in [5.41, 5.74) is 13.6. The van der Waals surface area contributed by atoms with Crippen molar-refractivity contribution in [3.63, 3.8) is 0 Å². The van der Waals surface area contributed by atoms with E-state index in [4.69, 9.17) is 16.0 Å². The number of hydrogen-bond acceptors (Lipinski definition) is 6. The molecule has 1 aromatic carbocycles. The van der Waals surface area contributed by atoms with Crippen LogP contribution >= 0.6 is 0 Å². The molecule has 1 amide bonds. The molecule has 8 nitrogen and oxygen atoms in total. The van der Waals surface area contributed by atoms with E-state index in [0.29, 0.717) is 17.7 Å². The van der Waals surface area contributed by atoms with E-state index in [9.17, 15) is 14.0 Å². The molecule has 0 aliphatic heterocycles. The number of nitrogen functional groups attached to an aromatic ring is 1. The summed E-state index contributed by atoms with van der Waals surface area (Å²) >= 11 is 0. The Morgan fingerprint density at radius 1 is 1.15 bits per heavy atom. The molecule has 4 N–H and O–H groups in total. The van der Waals surface area contributed by atoms with Crippen molar-refractivity contribution in [1.29, 1.82) is 0 Å². The van der Waals surface area contributed by atoms with E-state index in [1.165, 1.54) is 0 Å². The van der Waals surface area contributed by atoms with Crippen LogP contribution in [0.25, 0.3) is 11.3 Å². The van der Waals surface area contributed by atoms with Crippen LogP contribution in [0.15, 0.2) is 28.8 Å². The summed E-state index contributed by atoms with van der Waals surface area (Å²) in [5.74, 6) is -1.24. The van der Waals surface area contributed by atoms with Gasteiger partial charge in [0.05, 0.1) is 6.42 Å². The zero-order valence-corrected chi connectivity index (χ0v) is 19.6. The fraction of sp³-hybridized carbons (Fsp3) is 0.417. The van der Waals surface area contributed by atoms with Crippen LogP contribution < -0.4 is 11.5 Å². The standard InChI is InChI=1S/C24H30FN5O3/c1-13(2)30-22(26)19(23(27)32)21(28-30)15-8-6-14(7-9-15)10-16(31)11-18-20(25)17(29-33-18)12-24(3,4)5/h6-9,13H,10-12,26H2,1-5H3,(H2,27,32). The van der Waals surface area contributed by atoms with E-state index < -0.39 is 11.7 Å². The van der Waals surface area contributed by atoms with Crippen LogP contribution in [0.4, 0.5) is 10.2 Å². The largest absolute Gasteiger partial charge is 0.383 e. The Balaban J connectivity index is 1.74. The van der Waals surface area contributed by atoms with Gasteiger partial charge >= 0.3 is 0 Å². The Bertz CT molecular complexity index is 1170. The number of amides is 1. The van der Waals surface area contributed by atoms with E-state index in [0.717, 1.165) is 5.56 Å². The van der Waals surface area contributed by atoms with Crippen molar-refractivity contribution in [3.05, 3.63) is 52.7 Å². The Kier molecular flexibility index (Phi) is 6.71. The molecule has 0 bridgehead atoms. The fourth-order valence-corrected chi connectivity index (χ4v) is 3.61. The van der Waals surface area contributed by atoms with Gasteiger partial charge in [-0.2, -0.15) is 5.10 Å². The maximum absolute atomic E-state index is 14.5. The first-order chi connectivity index (χ1) is 15.4. The number of nitrogens with zero attached hydrogens (tertiary/aromatic N) is 3. The molecule has 0 spiro atoms. The lowest BCUT2D eigenvalue weighted by Crippen LogP contribution is -2.15. The van der Waals surface area contributed by atoms with E-state index in [1.54, 1.807) is 28.9 Å². The average Bonchev–Trinajstić information content (AvgIpc) is 3.22. The summed E-state index contributed by atoms with van der Waals surface area (Å²) in [7, 11) is 0. The minimum atomic E-state index is -0.659. The number of ketones is 1. The molecule has 9 heteroatoms. The zero-order chi connectivity index (χ0) is 24.5. The molecule has 3 aromatic rings. The molecular formula is C24H30FN5O3. The summed E-state index contributed by atoms with van der Waals surface area (Å²) in [6.45, 7) is 9.73. The van der Waals surface area contributed by atoms with Crippen molar-refractivity contribution in [2.75, 3.05) is 5.73 Å². The van der Waals surface area contributed by atoms with Gasteiger partial charge in [0, 0.05) is 24.4 Å². The maximum Gasteiger partial charge on any atom is 0.254 e. The molecule has 2 aromatic heterocycles. The van der Waals surface area contributed by atoms with Gasteiger partial charge in [-0.05, 0) is 24.8 Å². The second-order valence-corrected chi connectivity index (χ2v) is 9.70. The minimum absolute atomic E-state index is 0.0447. The molecule has 0 saturated carbocycles. The van der Waals surface area contributed by atoms with Gasteiger partial charge < -0.3 is 16.0 Å². The Hall–Kier alpha value is -3.49. The van der Waals surface area contributed by atoms with Gasteiger partial charge in [0.15, 0.2) is 11.6 Å². The van der Waals surface area contributed by atoms with E-state index in [2.05, 4.69) is 10.3 Å². The highest BCUT2D eigenvalue weighted by Gasteiger charge is 2.24. The number of carbonyl (C=O) groups excluding carboxylic acids is 2. The van der Waals surface area contributed by atoms with E-state index in [1.807, 2.05) is 34.6 Å². The second kappa shape index (κ2) is 9.17. The van der Waals surface area contributed by atoms with Gasteiger partial charge in [0.2, 0.25) is 0 Å². The van der Waals surface area contributed by atoms with Crippen LogP contribution in [-0.4, -0.2) is 26.6 Å². The van der Waals surface area contributed by atoms with Gasteiger partial charge in [-0.1, -0.05) is 50.2 Å². The molecule has 3 rings (SSSR count). The molecule has 0 unspecified atom stereocenters. The van der Waals surface area contributed by atoms with Crippen molar-refractivity contribution in [2.24, 2.45) is 11.1 Å². The number of rotatable bonds is 8. The molecule has 0 atom stereocenters. The monoisotopic (exact) mass is 455 g/mol. The quantitative estimate of drug-likeness (QED) is 0.530. The van der Waals surface area contributed by atoms with Crippen LogP contribution in [-0.2, 0) is 24.1 Å². The second-order valence-electron chi connectivity index (χ2n) is 9.70. The molecule has 0 radical (unpaired) electrons. The van der Waals surface area contributed by atoms with E-state index in [-0.39, 0.29) is 52.9 Å². The number of halogens is 1. The third-order valence-electron chi connectivity index (χ3n) is 5.13. The first-order valence-corrected chi connectivity index (χ1v) is 10.8. The summed E-state index contributed by atoms with van der Waals surface area (Å²) in [4.78, 5) is 24.4. The molecular weight excluding hydrogens is 425 g/mol. The third kappa shape index (κ3) is 5.47. The number of aromatic nitrogens is 3. The van der Waals surface area contributed by atoms with Crippen molar-refractivity contribution < 1.29 is 18.5 Å². The van der Waals surface area contributed by atoms with Gasteiger partial charge in [-0.3, -0.25) is 9.59 Å². The van der Waals surface area contributed by atoms with Crippen LogP contribution in [0, 0.1) is 11.2 Å².